The molecule has 1 aliphatic rings. The van der Waals surface area contributed by atoms with Gasteiger partial charge in [-0.25, -0.2) is 0 Å². The Hall–Kier alpha value is -1.37. The van der Waals surface area contributed by atoms with Gasteiger partial charge in [-0.1, -0.05) is 12.1 Å². The number of nitrogens with zero attached hydrogens (tertiary/aromatic N) is 1. The molecular weight excluding hydrogens is 188 g/mol. The molecule has 0 amide bonds. The summed E-state index contributed by atoms with van der Waals surface area (Å²) >= 11 is 0. The molecule has 1 unspecified atom stereocenters. The van der Waals surface area contributed by atoms with Gasteiger partial charge in [0.2, 0.25) is 0 Å². The SMILES string of the molecule is N#Cc1cccc(C2CNCCCO2)c1. The summed E-state index contributed by atoms with van der Waals surface area (Å²) in [4.78, 5) is 0. The highest BCUT2D eigenvalue weighted by atomic mass is 16.5. The Balaban J connectivity index is 2.16. The molecule has 1 aliphatic heterocycles. The van der Waals surface area contributed by atoms with Gasteiger partial charge in [0.1, 0.15) is 0 Å². The molecule has 1 fully saturated rings. The molecule has 0 saturated carbocycles. The van der Waals surface area contributed by atoms with E-state index in [-0.39, 0.29) is 6.10 Å². The van der Waals surface area contributed by atoms with Crippen LogP contribution in [0, 0.1) is 11.3 Å². The summed E-state index contributed by atoms with van der Waals surface area (Å²) in [6.07, 6.45) is 1.13. The van der Waals surface area contributed by atoms with Gasteiger partial charge in [-0.05, 0) is 30.7 Å². The Labute approximate surface area is 89.7 Å². The van der Waals surface area contributed by atoms with Crippen LogP contribution in [0.3, 0.4) is 0 Å². The van der Waals surface area contributed by atoms with Crippen LogP contribution < -0.4 is 5.32 Å². The molecule has 1 aromatic carbocycles. The van der Waals surface area contributed by atoms with E-state index < -0.39 is 0 Å². The van der Waals surface area contributed by atoms with Gasteiger partial charge in [0.25, 0.3) is 0 Å². The van der Waals surface area contributed by atoms with Crippen molar-refractivity contribution in [1.82, 2.24) is 5.32 Å². The standard InChI is InChI=1S/C12H14N2O/c13-8-10-3-1-4-11(7-10)12-9-14-5-2-6-15-12/h1,3-4,7,12,14H,2,5-6,9H2. The fourth-order valence-corrected chi connectivity index (χ4v) is 1.74. The number of rotatable bonds is 1. The van der Waals surface area contributed by atoms with E-state index in [1.54, 1.807) is 0 Å². The lowest BCUT2D eigenvalue weighted by Gasteiger charge is -2.15. The van der Waals surface area contributed by atoms with E-state index in [2.05, 4.69) is 11.4 Å². The number of benzene rings is 1. The molecule has 0 aliphatic carbocycles. The smallest absolute Gasteiger partial charge is 0.0991 e. The van der Waals surface area contributed by atoms with Gasteiger partial charge in [0.05, 0.1) is 17.7 Å². The van der Waals surface area contributed by atoms with E-state index >= 15 is 0 Å². The van der Waals surface area contributed by atoms with Gasteiger partial charge >= 0.3 is 0 Å². The largest absolute Gasteiger partial charge is 0.372 e. The summed E-state index contributed by atoms with van der Waals surface area (Å²) in [5.74, 6) is 0. The molecule has 0 radical (unpaired) electrons. The van der Waals surface area contributed by atoms with E-state index in [1.807, 2.05) is 24.3 Å². The van der Waals surface area contributed by atoms with Crippen LogP contribution in [-0.4, -0.2) is 19.7 Å². The third-order valence-corrected chi connectivity index (χ3v) is 2.53. The van der Waals surface area contributed by atoms with Gasteiger partial charge in [0, 0.05) is 13.2 Å². The van der Waals surface area contributed by atoms with Gasteiger partial charge < -0.3 is 10.1 Å². The Kier molecular flexibility index (Phi) is 3.33. The van der Waals surface area contributed by atoms with Crippen LogP contribution in [0.1, 0.15) is 23.7 Å². The van der Waals surface area contributed by atoms with Gasteiger partial charge in [-0.15, -0.1) is 0 Å². The topological polar surface area (TPSA) is 45.0 Å². The quantitative estimate of drug-likeness (QED) is 0.752. The van der Waals surface area contributed by atoms with Gasteiger partial charge in [-0.3, -0.25) is 0 Å². The van der Waals surface area contributed by atoms with Crippen molar-refractivity contribution in [3.63, 3.8) is 0 Å². The summed E-state index contributed by atoms with van der Waals surface area (Å²) in [5, 5.41) is 12.1. The van der Waals surface area contributed by atoms with Crippen LogP contribution in [0.2, 0.25) is 0 Å². The van der Waals surface area contributed by atoms with Crippen molar-refractivity contribution in [3.8, 4) is 6.07 Å². The van der Waals surface area contributed by atoms with Crippen LogP contribution >= 0.6 is 0 Å². The molecular formula is C12H14N2O. The molecule has 3 nitrogen and oxygen atoms in total. The molecule has 1 N–H and O–H groups in total. The number of hydrogen-bond donors (Lipinski definition) is 1. The van der Waals surface area contributed by atoms with E-state index in [1.165, 1.54) is 0 Å². The van der Waals surface area contributed by atoms with Crippen molar-refractivity contribution in [3.05, 3.63) is 35.4 Å². The molecule has 1 aromatic rings. The van der Waals surface area contributed by atoms with Crippen LogP contribution in [0.4, 0.5) is 0 Å². The normalized spacial score (nSPS) is 21.7. The lowest BCUT2D eigenvalue weighted by Crippen LogP contribution is -2.20. The maximum absolute atomic E-state index is 8.81. The molecule has 0 aromatic heterocycles. The second-order valence-corrected chi connectivity index (χ2v) is 3.65. The zero-order valence-corrected chi connectivity index (χ0v) is 8.57. The fraction of sp³-hybridized carbons (Fsp3) is 0.417. The third-order valence-electron chi connectivity index (χ3n) is 2.53. The molecule has 3 heteroatoms. The van der Waals surface area contributed by atoms with Crippen molar-refractivity contribution in [2.24, 2.45) is 0 Å². The minimum absolute atomic E-state index is 0.0841. The van der Waals surface area contributed by atoms with Crippen molar-refractivity contribution in [1.29, 1.82) is 5.26 Å². The molecule has 2 rings (SSSR count). The van der Waals surface area contributed by atoms with Crippen LogP contribution in [-0.2, 0) is 4.74 Å². The Morgan fingerprint density at radius 1 is 1.47 bits per heavy atom. The van der Waals surface area contributed by atoms with Crippen molar-refractivity contribution in [2.75, 3.05) is 19.7 Å². The van der Waals surface area contributed by atoms with E-state index in [0.717, 1.165) is 31.7 Å². The number of nitrogens with one attached hydrogen (secondary N) is 1. The highest BCUT2D eigenvalue weighted by Crippen LogP contribution is 2.19. The first-order valence-corrected chi connectivity index (χ1v) is 5.22. The van der Waals surface area contributed by atoms with E-state index in [9.17, 15) is 0 Å². The van der Waals surface area contributed by atoms with Crippen molar-refractivity contribution in [2.45, 2.75) is 12.5 Å². The minimum atomic E-state index is 0.0841. The first-order chi connectivity index (χ1) is 7.40. The molecule has 78 valence electrons. The summed E-state index contributed by atoms with van der Waals surface area (Å²) in [5.41, 5.74) is 1.78. The Morgan fingerprint density at radius 2 is 2.40 bits per heavy atom. The van der Waals surface area contributed by atoms with Gasteiger partial charge in [0.15, 0.2) is 0 Å². The van der Waals surface area contributed by atoms with Crippen molar-refractivity contribution < 1.29 is 4.74 Å². The lowest BCUT2D eigenvalue weighted by molar-refractivity contribution is 0.0669. The monoisotopic (exact) mass is 202 g/mol. The Morgan fingerprint density at radius 3 is 3.27 bits per heavy atom. The second-order valence-electron chi connectivity index (χ2n) is 3.65. The summed E-state index contributed by atoms with van der Waals surface area (Å²) in [6, 6.07) is 9.78. The Bertz CT molecular complexity index is 362. The molecule has 0 spiro atoms. The average Bonchev–Trinajstić information content (AvgIpc) is 2.58. The second kappa shape index (κ2) is 4.92. The molecule has 1 atom stereocenters. The molecule has 0 bridgehead atoms. The van der Waals surface area contributed by atoms with Crippen molar-refractivity contribution >= 4 is 0 Å². The molecule has 1 heterocycles. The van der Waals surface area contributed by atoms with E-state index in [4.69, 9.17) is 10.00 Å². The predicted molar refractivity (Wildman–Crippen MR) is 57.3 cm³/mol. The van der Waals surface area contributed by atoms with Gasteiger partial charge in [-0.2, -0.15) is 5.26 Å². The molecule has 15 heavy (non-hydrogen) atoms. The highest BCUT2D eigenvalue weighted by Gasteiger charge is 2.14. The number of hydrogen-bond acceptors (Lipinski definition) is 3. The summed E-state index contributed by atoms with van der Waals surface area (Å²) in [7, 11) is 0. The number of nitriles is 1. The maximum atomic E-state index is 8.81. The first kappa shape index (κ1) is 10.2. The van der Waals surface area contributed by atoms with Crippen LogP contribution in [0.5, 0.6) is 0 Å². The zero-order valence-electron chi connectivity index (χ0n) is 8.57. The fourth-order valence-electron chi connectivity index (χ4n) is 1.74. The third kappa shape index (κ3) is 2.56. The minimum Gasteiger partial charge on any atom is -0.372 e. The molecule has 1 saturated heterocycles. The summed E-state index contributed by atoms with van der Waals surface area (Å²) in [6.45, 7) is 2.62. The van der Waals surface area contributed by atoms with Crippen LogP contribution in [0.15, 0.2) is 24.3 Å². The lowest BCUT2D eigenvalue weighted by atomic mass is 10.1. The maximum Gasteiger partial charge on any atom is 0.0991 e. The average molecular weight is 202 g/mol. The number of ether oxygens (including phenoxy) is 1. The predicted octanol–water partition coefficient (Wildman–Crippen LogP) is 1.61. The first-order valence-electron chi connectivity index (χ1n) is 5.22. The van der Waals surface area contributed by atoms with Crippen LogP contribution in [0.25, 0.3) is 0 Å². The summed E-state index contributed by atoms with van der Waals surface area (Å²) < 4.78 is 5.72. The zero-order chi connectivity index (χ0) is 10.5. The highest BCUT2D eigenvalue weighted by molar-refractivity contribution is 5.33. The van der Waals surface area contributed by atoms with E-state index in [0.29, 0.717) is 5.56 Å².